The maximum absolute atomic E-state index is 10.8. The smallest absolute Gasteiger partial charge is 0.356 e. The van der Waals surface area contributed by atoms with Crippen LogP contribution in [0.2, 0.25) is 5.15 Å². The van der Waals surface area contributed by atoms with E-state index in [0.29, 0.717) is 11.7 Å². The highest BCUT2D eigenvalue weighted by atomic mass is 35.5. The average Bonchev–Trinajstić information content (AvgIpc) is 2.91. The number of carbonyl (C=O) groups is 1. The molecule has 2 rings (SSSR count). The minimum Gasteiger partial charge on any atom is -0.476 e. The first-order chi connectivity index (χ1) is 6.66. The number of hydrogen-bond acceptors (Lipinski definition) is 3. The van der Waals surface area contributed by atoms with Crippen molar-refractivity contribution in [2.45, 2.75) is 18.9 Å². The second kappa shape index (κ2) is 3.46. The van der Waals surface area contributed by atoms with Crippen molar-refractivity contribution in [3.05, 3.63) is 23.0 Å². The highest BCUT2D eigenvalue weighted by Crippen LogP contribution is 2.26. The highest BCUT2D eigenvalue weighted by molar-refractivity contribution is 6.29. The Bertz CT molecular complexity index is 377. The zero-order valence-electron chi connectivity index (χ0n) is 7.33. The Morgan fingerprint density at radius 3 is 2.86 bits per heavy atom. The van der Waals surface area contributed by atoms with E-state index >= 15 is 0 Å². The van der Waals surface area contributed by atoms with E-state index in [9.17, 15) is 4.79 Å². The van der Waals surface area contributed by atoms with Gasteiger partial charge in [0.05, 0.1) is 5.69 Å². The lowest BCUT2D eigenvalue weighted by atomic mass is 10.3. The van der Waals surface area contributed by atoms with Gasteiger partial charge in [0.1, 0.15) is 5.15 Å². The van der Waals surface area contributed by atoms with Crippen molar-refractivity contribution in [3.63, 3.8) is 0 Å². The molecule has 5 heteroatoms. The number of hydrogen-bond donors (Lipinski definition) is 2. The molecule has 1 aliphatic rings. The van der Waals surface area contributed by atoms with E-state index in [2.05, 4.69) is 10.3 Å². The van der Waals surface area contributed by atoms with Gasteiger partial charge in [-0.15, -0.1) is 0 Å². The van der Waals surface area contributed by atoms with Crippen LogP contribution in [0.25, 0.3) is 0 Å². The van der Waals surface area contributed by atoms with Crippen LogP contribution < -0.4 is 5.32 Å². The summed E-state index contributed by atoms with van der Waals surface area (Å²) in [6.07, 6.45) is 2.17. The summed E-state index contributed by atoms with van der Waals surface area (Å²) in [5.74, 6) is -1.06. The molecule has 1 aromatic rings. The van der Waals surface area contributed by atoms with Crippen molar-refractivity contribution in [2.75, 3.05) is 5.32 Å². The second-order valence-electron chi connectivity index (χ2n) is 3.25. The third-order valence-electron chi connectivity index (χ3n) is 2.00. The summed E-state index contributed by atoms with van der Waals surface area (Å²) in [6, 6.07) is 3.63. The van der Waals surface area contributed by atoms with E-state index in [-0.39, 0.29) is 10.8 Å². The van der Waals surface area contributed by atoms with Crippen molar-refractivity contribution in [2.24, 2.45) is 0 Å². The molecule has 1 heterocycles. The SMILES string of the molecule is O=C(O)c1nc(Cl)ccc1NC1CC1. The van der Waals surface area contributed by atoms with Crippen LogP contribution in [0.15, 0.2) is 12.1 Å². The number of rotatable bonds is 3. The molecule has 4 nitrogen and oxygen atoms in total. The molecule has 0 unspecified atom stereocenters. The predicted molar refractivity (Wildman–Crippen MR) is 52.9 cm³/mol. The van der Waals surface area contributed by atoms with Crippen LogP contribution in [0.3, 0.4) is 0 Å². The standard InChI is InChI=1S/C9H9ClN2O2/c10-7-4-3-6(11-5-1-2-5)8(12-7)9(13)14/h3-5,11H,1-2H2,(H,13,14). The zero-order chi connectivity index (χ0) is 10.1. The fourth-order valence-corrected chi connectivity index (χ4v) is 1.31. The second-order valence-corrected chi connectivity index (χ2v) is 3.64. The minimum absolute atomic E-state index is 0.00981. The Morgan fingerprint density at radius 1 is 1.57 bits per heavy atom. The fraction of sp³-hybridized carbons (Fsp3) is 0.333. The Morgan fingerprint density at radius 2 is 2.29 bits per heavy atom. The molecule has 0 bridgehead atoms. The number of halogens is 1. The molecule has 0 spiro atoms. The summed E-state index contributed by atoms with van der Waals surface area (Å²) in [7, 11) is 0. The summed E-state index contributed by atoms with van der Waals surface area (Å²) >= 11 is 5.61. The molecule has 1 saturated carbocycles. The number of aromatic carboxylic acids is 1. The summed E-state index contributed by atoms with van der Waals surface area (Å²) in [6.45, 7) is 0. The van der Waals surface area contributed by atoms with Crippen molar-refractivity contribution in [1.29, 1.82) is 0 Å². The number of nitrogens with one attached hydrogen (secondary N) is 1. The molecule has 1 aliphatic carbocycles. The number of pyridine rings is 1. The van der Waals surface area contributed by atoms with Crippen molar-refractivity contribution < 1.29 is 9.90 Å². The summed E-state index contributed by atoms with van der Waals surface area (Å²) in [4.78, 5) is 14.6. The maximum Gasteiger partial charge on any atom is 0.356 e. The molecule has 0 radical (unpaired) electrons. The molecular weight excluding hydrogens is 204 g/mol. The van der Waals surface area contributed by atoms with Gasteiger partial charge < -0.3 is 10.4 Å². The molecule has 0 amide bonds. The van der Waals surface area contributed by atoms with Gasteiger partial charge in [0, 0.05) is 6.04 Å². The Kier molecular flexibility index (Phi) is 2.29. The molecule has 1 aromatic heterocycles. The van der Waals surface area contributed by atoms with E-state index in [0.717, 1.165) is 12.8 Å². The largest absolute Gasteiger partial charge is 0.476 e. The van der Waals surface area contributed by atoms with Crippen LogP contribution in [-0.4, -0.2) is 22.1 Å². The first-order valence-electron chi connectivity index (χ1n) is 4.33. The maximum atomic E-state index is 10.8. The van der Waals surface area contributed by atoms with Crippen molar-refractivity contribution in [1.82, 2.24) is 4.98 Å². The average molecular weight is 213 g/mol. The quantitative estimate of drug-likeness (QED) is 0.753. The van der Waals surface area contributed by atoms with Gasteiger partial charge in [-0.2, -0.15) is 0 Å². The van der Waals surface area contributed by atoms with E-state index in [4.69, 9.17) is 16.7 Å². The first-order valence-corrected chi connectivity index (χ1v) is 4.71. The number of carboxylic acids is 1. The number of aromatic nitrogens is 1. The van der Waals surface area contributed by atoms with Crippen LogP contribution in [0.5, 0.6) is 0 Å². The summed E-state index contributed by atoms with van der Waals surface area (Å²) < 4.78 is 0. The topological polar surface area (TPSA) is 62.2 Å². The Labute approximate surface area is 85.9 Å². The van der Waals surface area contributed by atoms with Crippen molar-refractivity contribution >= 4 is 23.3 Å². The summed E-state index contributed by atoms with van der Waals surface area (Å²) in [5, 5.41) is 12.2. The summed E-state index contributed by atoms with van der Waals surface area (Å²) in [5.41, 5.74) is 0.536. The molecule has 14 heavy (non-hydrogen) atoms. The van der Waals surface area contributed by atoms with Crippen LogP contribution in [0, 0.1) is 0 Å². The minimum atomic E-state index is -1.06. The highest BCUT2D eigenvalue weighted by Gasteiger charge is 2.23. The Balaban J connectivity index is 2.31. The third-order valence-corrected chi connectivity index (χ3v) is 2.21. The van der Waals surface area contributed by atoms with Gasteiger partial charge in [-0.3, -0.25) is 0 Å². The van der Waals surface area contributed by atoms with Crippen LogP contribution in [0.4, 0.5) is 5.69 Å². The predicted octanol–water partition coefficient (Wildman–Crippen LogP) is 2.01. The van der Waals surface area contributed by atoms with Crippen molar-refractivity contribution in [3.8, 4) is 0 Å². The zero-order valence-corrected chi connectivity index (χ0v) is 8.08. The lowest BCUT2D eigenvalue weighted by Gasteiger charge is -2.07. The van der Waals surface area contributed by atoms with Gasteiger partial charge in [-0.25, -0.2) is 9.78 Å². The van der Waals surface area contributed by atoms with Crippen LogP contribution >= 0.6 is 11.6 Å². The molecular formula is C9H9ClN2O2. The molecule has 2 N–H and O–H groups in total. The number of carboxylic acid groups (broad SMARTS) is 1. The van der Waals surface area contributed by atoms with Gasteiger partial charge in [0.2, 0.25) is 0 Å². The van der Waals surface area contributed by atoms with E-state index in [1.807, 2.05) is 0 Å². The van der Waals surface area contributed by atoms with E-state index in [1.165, 1.54) is 0 Å². The monoisotopic (exact) mass is 212 g/mol. The van der Waals surface area contributed by atoms with E-state index < -0.39 is 5.97 Å². The van der Waals surface area contributed by atoms with Gasteiger partial charge >= 0.3 is 5.97 Å². The first kappa shape index (κ1) is 9.27. The lowest BCUT2D eigenvalue weighted by molar-refractivity contribution is 0.0691. The normalized spacial score (nSPS) is 15.2. The molecule has 74 valence electrons. The van der Waals surface area contributed by atoms with Gasteiger partial charge in [-0.05, 0) is 25.0 Å². The van der Waals surface area contributed by atoms with Crippen LogP contribution in [-0.2, 0) is 0 Å². The lowest BCUT2D eigenvalue weighted by Crippen LogP contribution is -2.09. The van der Waals surface area contributed by atoms with Gasteiger partial charge in [0.25, 0.3) is 0 Å². The number of nitrogens with zero attached hydrogens (tertiary/aromatic N) is 1. The van der Waals surface area contributed by atoms with Gasteiger partial charge in [0.15, 0.2) is 5.69 Å². The third kappa shape index (κ3) is 1.96. The molecule has 0 saturated heterocycles. The van der Waals surface area contributed by atoms with Gasteiger partial charge in [-0.1, -0.05) is 11.6 Å². The molecule has 1 fully saturated rings. The molecule has 0 atom stereocenters. The number of anilines is 1. The fourth-order valence-electron chi connectivity index (χ4n) is 1.16. The Hall–Kier alpha value is -1.29. The molecule has 0 aromatic carbocycles. The molecule has 0 aliphatic heterocycles. The van der Waals surface area contributed by atoms with Crippen LogP contribution in [0.1, 0.15) is 23.3 Å². The van der Waals surface area contributed by atoms with E-state index in [1.54, 1.807) is 12.1 Å².